The maximum Gasteiger partial charge on any atom is 0.310 e. The average Bonchev–Trinajstić information content (AvgIpc) is 3.59. The summed E-state index contributed by atoms with van der Waals surface area (Å²) in [6.45, 7) is 6.68. The van der Waals surface area contributed by atoms with Crippen LogP contribution in [0.15, 0.2) is 30.3 Å². The molecule has 0 bridgehead atoms. The first kappa shape index (κ1) is 41.7. The summed E-state index contributed by atoms with van der Waals surface area (Å²) < 4.78 is 27.5. The predicted molar refractivity (Wildman–Crippen MR) is 198 cm³/mol. The van der Waals surface area contributed by atoms with Crippen molar-refractivity contribution >= 4 is 23.3 Å². The molecule has 0 amide bonds. The highest BCUT2D eigenvalue weighted by atomic mass is 32.1. The van der Waals surface area contributed by atoms with Crippen LogP contribution in [-0.4, -0.2) is 65.3 Å². The lowest BCUT2D eigenvalue weighted by Crippen LogP contribution is -2.51. The summed E-state index contributed by atoms with van der Waals surface area (Å²) in [5.74, 6) is 1.30. The van der Waals surface area contributed by atoms with Crippen LogP contribution in [0.1, 0.15) is 153 Å². The van der Waals surface area contributed by atoms with Gasteiger partial charge in [0.1, 0.15) is 18.0 Å². The van der Waals surface area contributed by atoms with E-state index in [0.29, 0.717) is 29.9 Å². The van der Waals surface area contributed by atoms with Gasteiger partial charge in [0.15, 0.2) is 0 Å². The first-order valence-electron chi connectivity index (χ1n) is 18.8. The van der Waals surface area contributed by atoms with Crippen LogP contribution in [0.25, 0.3) is 5.57 Å². The number of hydrogen-bond acceptors (Lipinski definition) is 8. The van der Waals surface area contributed by atoms with Gasteiger partial charge in [-0.3, -0.25) is 9.28 Å². The molecule has 1 aliphatic rings. The lowest BCUT2D eigenvalue weighted by molar-refractivity contribution is -0.953. The first-order valence-corrected chi connectivity index (χ1v) is 19.5. The zero-order valence-electron chi connectivity index (χ0n) is 30.9. The number of esters is 1. The van der Waals surface area contributed by atoms with E-state index in [-0.39, 0.29) is 5.97 Å². The second-order valence-corrected chi connectivity index (χ2v) is 13.8. The fourth-order valence-electron chi connectivity index (χ4n) is 6.40. The van der Waals surface area contributed by atoms with Crippen LogP contribution in [0.3, 0.4) is 0 Å². The molecule has 1 aromatic carbocycles. The average molecular weight is 689 g/mol. The number of carbonyl (C=O) groups is 1. The highest BCUT2D eigenvalue weighted by Gasteiger charge is 2.40. The summed E-state index contributed by atoms with van der Waals surface area (Å²) in [5, 5.41) is 7.00. The highest BCUT2D eigenvalue weighted by molar-refractivity contribution is 6.99. The van der Waals surface area contributed by atoms with Crippen molar-refractivity contribution in [3.63, 3.8) is 0 Å². The van der Waals surface area contributed by atoms with Gasteiger partial charge in [0, 0.05) is 25.5 Å². The molecule has 3 rings (SSSR count). The number of aliphatic hydroxyl groups is 1. The van der Waals surface area contributed by atoms with E-state index >= 15 is 0 Å². The van der Waals surface area contributed by atoms with E-state index in [1.54, 1.807) is 7.11 Å². The fraction of sp³-hybridized carbons (Fsp3) is 0.718. The number of hydrogen-bond donors (Lipinski definition) is 1. The molecule has 0 saturated carbocycles. The lowest BCUT2D eigenvalue weighted by atomic mass is 10.0. The highest BCUT2D eigenvalue weighted by Crippen LogP contribution is 2.37. The van der Waals surface area contributed by atoms with E-state index in [9.17, 15) is 4.79 Å². The number of quaternary nitrogens is 1. The molecule has 2 unspecified atom stereocenters. The number of rotatable bonds is 25. The summed E-state index contributed by atoms with van der Waals surface area (Å²) in [6, 6.07) is 7.95. The Morgan fingerprint density at radius 1 is 0.833 bits per heavy atom. The third-order valence-corrected chi connectivity index (χ3v) is 9.77. The van der Waals surface area contributed by atoms with E-state index in [1.165, 1.54) is 95.2 Å². The summed E-state index contributed by atoms with van der Waals surface area (Å²) in [7, 11) is 4.86. The molecule has 0 spiro atoms. The van der Waals surface area contributed by atoms with Crippen LogP contribution in [0.4, 0.5) is 0 Å². The van der Waals surface area contributed by atoms with Gasteiger partial charge in [0.05, 0.1) is 44.6 Å². The Labute approximate surface area is 296 Å². The van der Waals surface area contributed by atoms with Crippen molar-refractivity contribution in [2.45, 2.75) is 142 Å². The Bertz CT molecular complexity index is 1140. The Balaban J connectivity index is 0.00000392. The Morgan fingerprint density at radius 2 is 1.40 bits per heavy atom. The van der Waals surface area contributed by atoms with Gasteiger partial charge in [0.25, 0.3) is 12.1 Å². The van der Waals surface area contributed by atoms with Gasteiger partial charge in [-0.15, -0.1) is 4.37 Å². The Kier molecular flexibility index (Phi) is 22.1. The molecule has 8 nitrogen and oxygen atoms in total. The normalized spacial score (nSPS) is 16.4. The molecule has 0 aliphatic carbocycles. The van der Waals surface area contributed by atoms with E-state index in [0.717, 1.165) is 68.3 Å². The molecule has 272 valence electrons. The van der Waals surface area contributed by atoms with E-state index < -0.39 is 6.23 Å². The van der Waals surface area contributed by atoms with Crippen LogP contribution < -0.4 is 9.47 Å². The molecule has 2 heterocycles. The second-order valence-electron chi connectivity index (χ2n) is 13.3. The summed E-state index contributed by atoms with van der Waals surface area (Å²) in [5.41, 5.74) is 2.92. The van der Waals surface area contributed by atoms with E-state index in [2.05, 4.69) is 35.7 Å². The molecule has 48 heavy (non-hydrogen) atoms. The SMILES string of the molecule is CCCCCCCCCCCCCCCC(=O)OC(c1ccc(OC)cc1)[N+]1(C)CCC=C(c2nsnc2OCCCCCC)C1.CO. The Hall–Kier alpha value is -2.49. The number of aliphatic hydroxyl groups excluding tert-OH is 1. The van der Waals surface area contributed by atoms with Crippen LogP contribution >= 0.6 is 11.7 Å². The summed E-state index contributed by atoms with van der Waals surface area (Å²) in [4.78, 5) is 13.3. The quantitative estimate of drug-likeness (QED) is 0.0631. The smallest absolute Gasteiger partial charge is 0.310 e. The minimum atomic E-state index is -0.422. The van der Waals surface area contributed by atoms with Gasteiger partial charge < -0.3 is 19.3 Å². The number of benzene rings is 1. The Morgan fingerprint density at radius 3 is 1.98 bits per heavy atom. The number of likely N-dealkylation sites (N-methyl/N-ethyl adjacent to an activating group) is 1. The number of aromatic nitrogens is 2. The fourth-order valence-corrected chi connectivity index (χ4v) is 6.93. The first-order chi connectivity index (χ1) is 23.5. The van der Waals surface area contributed by atoms with Crippen molar-refractivity contribution in [2.75, 3.05) is 41.0 Å². The van der Waals surface area contributed by atoms with Gasteiger partial charge in [-0.25, -0.2) is 0 Å². The molecular weight excluding hydrogens is 623 g/mol. The zero-order chi connectivity index (χ0) is 34.9. The van der Waals surface area contributed by atoms with Crippen molar-refractivity contribution in [2.24, 2.45) is 0 Å². The number of unbranched alkanes of at least 4 members (excludes halogenated alkanes) is 15. The van der Waals surface area contributed by atoms with Crippen molar-refractivity contribution < 1.29 is 28.6 Å². The maximum absolute atomic E-state index is 13.3. The van der Waals surface area contributed by atoms with Crippen molar-refractivity contribution in [1.29, 1.82) is 0 Å². The van der Waals surface area contributed by atoms with Crippen LogP contribution in [-0.2, 0) is 9.53 Å². The molecule has 2 aromatic rings. The van der Waals surface area contributed by atoms with Crippen molar-refractivity contribution in [1.82, 2.24) is 8.75 Å². The predicted octanol–water partition coefficient (Wildman–Crippen LogP) is 10.1. The molecule has 2 atom stereocenters. The molecule has 0 saturated heterocycles. The monoisotopic (exact) mass is 688 g/mol. The van der Waals surface area contributed by atoms with Gasteiger partial charge in [0.2, 0.25) is 0 Å². The zero-order valence-corrected chi connectivity index (χ0v) is 31.7. The molecular formula is C39H66N3O5S+. The van der Waals surface area contributed by atoms with Gasteiger partial charge in [-0.05, 0) is 37.1 Å². The minimum absolute atomic E-state index is 0.120. The minimum Gasteiger partial charge on any atom is -0.497 e. The van der Waals surface area contributed by atoms with Gasteiger partial charge in [-0.1, -0.05) is 116 Å². The largest absolute Gasteiger partial charge is 0.497 e. The van der Waals surface area contributed by atoms with Gasteiger partial charge >= 0.3 is 5.97 Å². The second kappa shape index (κ2) is 25.5. The topological polar surface area (TPSA) is 90.8 Å². The van der Waals surface area contributed by atoms with Crippen molar-refractivity contribution in [3.8, 4) is 11.6 Å². The molecule has 9 heteroatoms. The molecule has 1 aliphatic heterocycles. The number of carbonyl (C=O) groups excluding carboxylic acids is 1. The van der Waals surface area contributed by atoms with Crippen LogP contribution in [0, 0.1) is 0 Å². The summed E-state index contributed by atoms with van der Waals surface area (Å²) in [6.07, 6.45) is 24.5. The lowest BCUT2D eigenvalue weighted by Gasteiger charge is -2.42. The third-order valence-electron chi connectivity index (χ3n) is 9.26. The van der Waals surface area contributed by atoms with Crippen LogP contribution in [0.2, 0.25) is 0 Å². The molecule has 1 aromatic heterocycles. The van der Waals surface area contributed by atoms with Crippen LogP contribution in [0.5, 0.6) is 11.6 Å². The summed E-state index contributed by atoms with van der Waals surface area (Å²) >= 11 is 1.20. The third kappa shape index (κ3) is 15.4. The molecule has 1 N–H and O–H groups in total. The molecule has 0 fully saturated rings. The van der Waals surface area contributed by atoms with Gasteiger partial charge in [-0.2, -0.15) is 4.37 Å². The number of methoxy groups -OCH3 is 1. The maximum atomic E-state index is 13.3. The van der Waals surface area contributed by atoms with Crippen molar-refractivity contribution in [3.05, 3.63) is 41.6 Å². The molecule has 0 radical (unpaired) electrons. The van der Waals surface area contributed by atoms with E-state index in [4.69, 9.17) is 19.3 Å². The number of nitrogens with zero attached hydrogens (tertiary/aromatic N) is 3. The number of ether oxygens (including phenoxy) is 3. The van der Waals surface area contributed by atoms with E-state index in [1.807, 2.05) is 24.3 Å². The standard InChI is InChI=1S/C38H62N3O4S.CH4O/c1-5-7-9-11-12-13-14-15-16-17-18-19-20-24-35(42)45-38(32-25-27-34(43-4)28-26-32)41(3)29-22-23-33(31-41)36-37(40-46-39-36)44-30-21-10-8-6-2;1-2/h23,25-28,38H,5-22,24,29-31H2,1-4H3;2H,1H3/q+1;.